The first-order valence-corrected chi connectivity index (χ1v) is 19.4. The number of hydrogen-bond donors (Lipinski definition) is 0. The van der Waals surface area contributed by atoms with Crippen LogP contribution in [0, 0.1) is 52.3 Å². The molecule has 37 heavy (non-hydrogen) atoms. The molecule has 9 atom stereocenters. The van der Waals surface area contributed by atoms with Crippen LogP contribution in [0.25, 0.3) is 0 Å². The van der Waals surface area contributed by atoms with Crippen molar-refractivity contribution in [1.82, 2.24) is 0 Å². The Balaban J connectivity index is 1.44. The highest BCUT2D eigenvalue weighted by Crippen LogP contribution is 2.67. The van der Waals surface area contributed by atoms with Crippen LogP contribution in [0.5, 0.6) is 0 Å². The molecule has 2 heteroatoms. The van der Waals surface area contributed by atoms with E-state index in [1.807, 2.05) is 0 Å². The summed E-state index contributed by atoms with van der Waals surface area (Å²) in [7, 11) is -1.70. The maximum Gasteiger partial charge on any atom is 0.192 e. The zero-order valence-electron chi connectivity index (χ0n) is 26.9. The zero-order chi connectivity index (χ0) is 27.4. The molecule has 1 nitrogen and oxygen atoms in total. The van der Waals surface area contributed by atoms with Gasteiger partial charge < -0.3 is 4.43 Å². The molecule has 214 valence electrons. The molecule has 4 aliphatic carbocycles. The third-order valence-electron chi connectivity index (χ3n) is 13.5. The van der Waals surface area contributed by atoms with Gasteiger partial charge in [-0.1, -0.05) is 86.8 Å². The monoisotopic (exact) mass is 528 g/mol. The lowest BCUT2D eigenvalue weighted by atomic mass is 9.47. The van der Waals surface area contributed by atoms with Gasteiger partial charge >= 0.3 is 0 Å². The molecule has 3 saturated carbocycles. The fourth-order valence-corrected chi connectivity index (χ4v) is 11.4. The summed E-state index contributed by atoms with van der Waals surface area (Å²) in [5.41, 5.74) is 2.81. The highest BCUT2D eigenvalue weighted by atomic mass is 28.4. The molecule has 4 aliphatic rings. The first kappa shape index (κ1) is 29.9. The molecule has 0 N–H and O–H groups in total. The van der Waals surface area contributed by atoms with Crippen LogP contribution >= 0.6 is 0 Å². The largest absolute Gasteiger partial charge is 0.414 e. The van der Waals surface area contributed by atoms with Gasteiger partial charge in [0.15, 0.2) is 8.32 Å². The van der Waals surface area contributed by atoms with E-state index in [1.54, 1.807) is 5.57 Å². The predicted octanol–water partition coefficient (Wildman–Crippen LogP) is 11.1. The van der Waals surface area contributed by atoms with E-state index in [9.17, 15) is 0 Å². The first-order chi connectivity index (χ1) is 17.1. The minimum Gasteiger partial charge on any atom is -0.414 e. The lowest BCUT2D eigenvalue weighted by Gasteiger charge is -2.59. The maximum absolute atomic E-state index is 6.96. The van der Waals surface area contributed by atoms with E-state index in [1.165, 1.54) is 70.6 Å². The average molecular weight is 529 g/mol. The minimum atomic E-state index is -1.70. The topological polar surface area (TPSA) is 9.23 Å². The van der Waals surface area contributed by atoms with Gasteiger partial charge in [-0.25, -0.2) is 0 Å². The Hall–Kier alpha value is -0.0831. The van der Waals surface area contributed by atoms with Crippen molar-refractivity contribution >= 4 is 8.32 Å². The van der Waals surface area contributed by atoms with Crippen LogP contribution in [0.3, 0.4) is 0 Å². The summed E-state index contributed by atoms with van der Waals surface area (Å²) in [5, 5.41) is 0.302. The third kappa shape index (κ3) is 5.47. The SMILES string of the molecule is CC[C@H](CC[C@@H](C)[C@H]1CCC2C3CC=C4C[C@@H](O[Si](C)(C)C(C)(C)C)CC[C@]4(C)C3CC[C@@]21C)C(C)C. The summed E-state index contributed by atoms with van der Waals surface area (Å²) in [6.45, 7) is 27.4. The fourth-order valence-electron chi connectivity index (χ4n) is 9.98. The van der Waals surface area contributed by atoms with E-state index in [2.05, 4.69) is 81.5 Å². The van der Waals surface area contributed by atoms with Gasteiger partial charge in [-0.15, -0.1) is 0 Å². The van der Waals surface area contributed by atoms with Crippen LogP contribution in [0.4, 0.5) is 0 Å². The Morgan fingerprint density at radius 1 is 0.973 bits per heavy atom. The summed E-state index contributed by atoms with van der Waals surface area (Å²) >= 11 is 0. The van der Waals surface area contributed by atoms with Gasteiger partial charge in [0.25, 0.3) is 0 Å². The van der Waals surface area contributed by atoms with Gasteiger partial charge in [0, 0.05) is 6.10 Å². The van der Waals surface area contributed by atoms with Crippen molar-refractivity contribution < 1.29 is 4.43 Å². The highest BCUT2D eigenvalue weighted by molar-refractivity contribution is 6.74. The van der Waals surface area contributed by atoms with Crippen LogP contribution in [0.15, 0.2) is 11.6 Å². The number of fused-ring (bicyclic) bond motifs is 5. The molecule has 0 radical (unpaired) electrons. The second kappa shape index (κ2) is 10.7. The molecule has 0 saturated heterocycles. The van der Waals surface area contributed by atoms with Gasteiger partial charge in [0.1, 0.15) is 0 Å². The maximum atomic E-state index is 6.96. The van der Waals surface area contributed by atoms with Crippen molar-refractivity contribution in [3.05, 3.63) is 11.6 Å². The molecular weight excluding hydrogens is 464 g/mol. The van der Waals surface area contributed by atoms with Crippen LogP contribution in [-0.4, -0.2) is 14.4 Å². The molecular formula is C35H64OSi. The standard InChI is InChI=1S/C35H64OSi/c1-12-26(24(2)3)14-13-25(4)30-17-18-31-29-16-15-27-23-28(36-37(10,11)33(5,6)7)19-21-34(27,8)32(29)20-22-35(30,31)9/h15,24-26,28-32H,12-14,16-23H2,1-11H3/t25-,26-,28+,29?,30-,31?,32?,34+,35-/m1/s1. The first-order valence-electron chi connectivity index (χ1n) is 16.5. The Morgan fingerprint density at radius 3 is 2.30 bits per heavy atom. The number of allylic oxidation sites excluding steroid dienone is 1. The van der Waals surface area contributed by atoms with Gasteiger partial charge in [0.2, 0.25) is 0 Å². The van der Waals surface area contributed by atoms with Crippen molar-refractivity contribution in [2.45, 2.75) is 157 Å². The van der Waals surface area contributed by atoms with E-state index in [0.29, 0.717) is 22.0 Å². The third-order valence-corrected chi connectivity index (χ3v) is 18.1. The predicted molar refractivity (Wildman–Crippen MR) is 164 cm³/mol. The number of hydrogen-bond acceptors (Lipinski definition) is 1. The molecule has 0 aliphatic heterocycles. The van der Waals surface area contributed by atoms with Crippen molar-refractivity contribution in [2.75, 3.05) is 0 Å². The second-order valence-electron chi connectivity index (χ2n) is 16.7. The summed E-state index contributed by atoms with van der Waals surface area (Å²) in [4.78, 5) is 0. The lowest BCUT2D eigenvalue weighted by Crippen LogP contribution is -2.52. The molecule has 0 aromatic carbocycles. The normalized spacial score (nSPS) is 40.0. The van der Waals surface area contributed by atoms with E-state index in [0.717, 1.165) is 41.4 Å². The minimum absolute atomic E-state index is 0.302. The summed E-state index contributed by atoms with van der Waals surface area (Å²) in [6, 6.07) is 0. The van der Waals surface area contributed by atoms with E-state index < -0.39 is 8.32 Å². The smallest absolute Gasteiger partial charge is 0.192 e. The molecule has 0 bridgehead atoms. The van der Waals surface area contributed by atoms with Crippen LogP contribution in [-0.2, 0) is 4.43 Å². The van der Waals surface area contributed by atoms with Gasteiger partial charge in [0.05, 0.1) is 0 Å². The summed E-state index contributed by atoms with van der Waals surface area (Å²) < 4.78 is 6.96. The molecule has 3 fully saturated rings. The quantitative estimate of drug-likeness (QED) is 0.225. The fraction of sp³-hybridized carbons (Fsp3) is 0.943. The molecule has 4 rings (SSSR count). The molecule has 0 aromatic rings. The average Bonchev–Trinajstić information content (AvgIpc) is 3.15. The van der Waals surface area contributed by atoms with Crippen molar-refractivity contribution in [1.29, 1.82) is 0 Å². The van der Waals surface area contributed by atoms with Gasteiger partial charge in [-0.2, -0.15) is 0 Å². The summed E-state index contributed by atoms with van der Waals surface area (Å²) in [5.74, 6) is 6.41. The highest BCUT2D eigenvalue weighted by Gasteiger charge is 2.59. The molecule has 0 amide bonds. The second-order valence-corrected chi connectivity index (χ2v) is 21.5. The van der Waals surface area contributed by atoms with E-state index >= 15 is 0 Å². The molecule has 0 aromatic heterocycles. The van der Waals surface area contributed by atoms with Gasteiger partial charge in [-0.3, -0.25) is 0 Å². The van der Waals surface area contributed by atoms with Crippen LogP contribution < -0.4 is 0 Å². The molecule has 3 unspecified atom stereocenters. The zero-order valence-corrected chi connectivity index (χ0v) is 27.9. The molecule has 0 heterocycles. The Labute approximate surface area is 233 Å². The lowest BCUT2D eigenvalue weighted by molar-refractivity contribution is -0.0567. The van der Waals surface area contributed by atoms with E-state index in [-0.39, 0.29) is 0 Å². The van der Waals surface area contributed by atoms with Crippen molar-refractivity contribution in [3.63, 3.8) is 0 Å². The van der Waals surface area contributed by atoms with Gasteiger partial charge in [-0.05, 0) is 128 Å². The Kier molecular flexibility index (Phi) is 8.66. The van der Waals surface area contributed by atoms with Crippen molar-refractivity contribution in [3.8, 4) is 0 Å². The van der Waals surface area contributed by atoms with E-state index in [4.69, 9.17) is 4.43 Å². The Morgan fingerprint density at radius 2 is 1.68 bits per heavy atom. The number of rotatable bonds is 8. The summed E-state index contributed by atoms with van der Waals surface area (Å²) in [6.07, 6.45) is 18.6. The molecule has 0 spiro atoms. The van der Waals surface area contributed by atoms with Crippen molar-refractivity contribution in [2.24, 2.45) is 52.3 Å². The van der Waals surface area contributed by atoms with Crippen LogP contribution in [0.1, 0.15) is 133 Å². The Bertz CT molecular complexity index is 820. The van der Waals surface area contributed by atoms with Crippen LogP contribution in [0.2, 0.25) is 18.1 Å².